The lowest BCUT2D eigenvalue weighted by Crippen LogP contribution is -2.37. The Labute approximate surface area is 103 Å². The van der Waals surface area contributed by atoms with Crippen molar-refractivity contribution in [3.8, 4) is 0 Å². The van der Waals surface area contributed by atoms with Gasteiger partial charge in [-0.25, -0.2) is 0 Å². The zero-order valence-electron chi connectivity index (χ0n) is 10.9. The molecule has 2 heterocycles. The van der Waals surface area contributed by atoms with Gasteiger partial charge in [-0.1, -0.05) is 0 Å². The summed E-state index contributed by atoms with van der Waals surface area (Å²) in [4.78, 5) is 0. The molecule has 1 aromatic rings. The van der Waals surface area contributed by atoms with Gasteiger partial charge in [-0.15, -0.1) is 0 Å². The molecule has 0 spiro atoms. The van der Waals surface area contributed by atoms with Crippen LogP contribution in [0.1, 0.15) is 30.7 Å². The van der Waals surface area contributed by atoms with E-state index in [1.165, 1.54) is 18.5 Å². The minimum absolute atomic E-state index is 0.559. The quantitative estimate of drug-likeness (QED) is 0.792. The van der Waals surface area contributed by atoms with Gasteiger partial charge < -0.3 is 10.1 Å². The highest BCUT2D eigenvalue weighted by Crippen LogP contribution is 2.06. The van der Waals surface area contributed by atoms with Crippen molar-refractivity contribution >= 4 is 0 Å². The third-order valence-electron chi connectivity index (χ3n) is 3.24. The van der Waals surface area contributed by atoms with Crippen molar-refractivity contribution in [3.05, 3.63) is 17.5 Å². The Morgan fingerprint density at radius 3 is 3.06 bits per heavy atom. The molecule has 1 atom stereocenters. The summed E-state index contributed by atoms with van der Waals surface area (Å²) in [6.07, 6.45) is 3.56. The molecule has 1 fully saturated rings. The second kappa shape index (κ2) is 6.17. The maximum atomic E-state index is 5.44. The van der Waals surface area contributed by atoms with E-state index in [0.717, 1.165) is 38.4 Å². The fraction of sp³-hybridized carbons (Fsp3) is 0.769. The van der Waals surface area contributed by atoms with E-state index in [4.69, 9.17) is 4.74 Å². The van der Waals surface area contributed by atoms with Crippen LogP contribution in [-0.4, -0.2) is 35.6 Å². The van der Waals surface area contributed by atoms with E-state index in [1.807, 2.05) is 6.92 Å². The van der Waals surface area contributed by atoms with E-state index < -0.39 is 0 Å². The predicted molar refractivity (Wildman–Crippen MR) is 68.2 cm³/mol. The first-order chi connectivity index (χ1) is 8.25. The molecule has 1 aliphatic rings. The lowest BCUT2D eigenvalue weighted by molar-refractivity contribution is 0.0704. The predicted octanol–water partition coefficient (Wildman–Crippen LogP) is 1.66. The van der Waals surface area contributed by atoms with E-state index in [0.29, 0.717) is 6.04 Å². The number of ether oxygens (including phenoxy) is 1. The SMILES string of the molecule is Cc1cc(C)n(CCCNC2CCCOC2)n1. The van der Waals surface area contributed by atoms with Gasteiger partial charge in [0.1, 0.15) is 0 Å². The van der Waals surface area contributed by atoms with Gasteiger partial charge >= 0.3 is 0 Å². The molecule has 1 unspecified atom stereocenters. The van der Waals surface area contributed by atoms with Crippen LogP contribution in [0.5, 0.6) is 0 Å². The Kier molecular flexibility index (Phi) is 4.57. The number of nitrogens with one attached hydrogen (secondary N) is 1. The molecule has 0 amide bonds. The number of nitrogens with zero attached hydrogens (tertiary/aromatic N) is 2. The first kappa shape index (κ1) is 12.6. The first-order valence-corrected chi connectivity index (χ1v) is 6.58. The summed E-state index contributed by atoms with van der Waals surface area (Å²) in [5, 5.41) is 8.01. The van der Waals surface area contributed by atoms with E-state index in [-0.39, 0.29) is 0 Å². The zero-order chi connectivity index (χ0) is 12.1. The zero-order valence-corrected chi connectivity index (χ0v) is 10.9. The Morgan fingerprint density at radius 2 is 2.41 bits per heavy atom. The van der Waals surface area contributed by atoms with Gasteiger partial charge in [0, 0.05) is 24.9 Å². The summed E-state index contributed by atoms with van der Waals surface area (Å²) in [5.41, 5.74) is 2.36. The minimum atomic E-state index is 0.559. The van der Waals surface area contributed by atoms with Crippen molar-refractivity contribution in [2.75, 3.05) is 19.8 Å². The first-order valence-electron chi connectivity index (χ1n) is 6.58. The van der Waals surface area contributed by atoms with Crippen molar-refractivity contribution in [3.63, 3.8) is 0 Å². The molecule has 96 valence electrons. The van der Waals surface area contributed by atoms with Gasteiger partial charge in [-0.3, -0.25) is 4.68 Å². The largest absolute Gasteiger partial charge is 0.380 e. The van der Waals surface area contributed by atoms with Crippen LogP contribution in [0.2, 0.25) is 0 Å². The fourth-order valence-electron chi connectivity index (χ4n) is 2.34. The summed E-state index contributed by atoms with van der Waals surface area (Å²) in [5.74, 6) is 0. The number of rotatable bonds is 5. The molecular weight excluding hydrogens is 214 g/mol. The molecule has 0 radical (unpaired) electrons. The third-order valence-corrected chi connectivity index (χ3v) is 3.24. The average Bonchev–Trinajstić information content (AvgIpc) is 2.65. The smallest absolute Gasteiger partial charge is 0.0619 e. The Morgan fingerprint density at radius 1 is 1.53 bits per heavy atom. The molecule has 1 aliphatic heterocycles. The lowest BCUT2D eigenvalue weighted by atomic mass is 10.1. The van der Waals surface area contributed by atoms with Gasteiger partial charge in [-0.05, 0) is 45.7 Å². The van der Waals surface area contributed by atoms with E-state index in [1.54, 1.807) is 0 Å². The summed E-state index contributed by atoms with van der Waals surface area (Å²) in [6, 6.07) is 2.69. The number of hydrogen-bond donors (Lipinski definition) is 1. The van der Waals surface area contributed by atoms with Gasteiger partial charge in [0.05, 0.1) is 12.3 Å². The highest BCUT2D eigenvalue weighted by Gasteiger charge is 2.12. The molecular formula is C13H23N3O. The molecule has 0 bridgehead atoms. The molecule has 2 rings (SSSR count). The van der Waals surface area contributed by atoms with Crippen molar-refractivity contribution in [1.29, 1.82) is 0 Å². The second-order valence-electron chi connectivity index (χ2n) is 4.87. The molecule has 0 aliphatic carbocycles. The summed E-state index contributed by atoms with van der Waals surface area (Å²) < 4.78 is 7.53. The summed E-state index contributed by atoms with van der Waals surface area (Å²) in [6.45, 7) is 8.01. The number of hydrogen-bond acceptors (Lipinski definition) is 3. The van der Waals surface area contributed by atoms with Gasteiger partial charge in [0.15, 0.2) is 0 Å². The monoisotopic (exact) mass is 237 g/mol. The highest BCUT2D eigenvalue weighted by molar-refractivity contribution is 5.06. The maximum absolute atomic E-state index is 5.44. The van der Waals surface area contributed by atoms with Crippen LogP contribution in [0.25, 0.3) is 0 Å². The number of aromatic nitrogens is 2. The fourth-order valence-corrected chi connectivity index (χ4v) is 2.34. The van der Waals surface area contributed by atoms with Crippen molar-refractivity contribution < 1.29 is 4.74 Å². The molecule has 0 saturated carbocycles. The van der Waals surface area contributed by atoms with Crippen molar-refractivity contribution in [1.82, 2.24) is 15.1 Å². The van der Waals surface area contributed by atoms with Crippen LogP contribution < -0.4 is 5.32 Å². The topological polar surface area (TPSA) is 39.1 Å². The summed E-state index contributed by atoms with van der Waals surface area (Å²) >= 11 is 0. The Hall–Kier alpha value is -0.870. The lowest BCUT2D eigenvalue weighted by Gasteiger charge is -2.23. The standard InChI is InChI=1S/C13H23N3O/c1-11-9-12(2)16(15-11)7-4-6-14-13-5-3-8-17-10-13/h9,13-14H,3-8,10H2,1-2H3. The molecule has 1 N–H and O–H groups in total. The Bertz CT molecular complexity index is 342. The van der Waals surface area contributed by atoms with Crippen LogP contribution in [0.3, 0.4) is 0 Å². The molecule has 4 nitrogen and oxygen atoms in total. The van der Waals surface area contributed by atoms with E-state index >= 15 is 0 Å². The molecule has 1 saturated heterocycles. The van der Waals surface area contributed by atoms with Crippen LogP contribution in [0.15, 0.2) is 6.07 Å². The van der Waals surface area contributed by atoms with Gasteiger partial charge in [0.25, 0.3) is 0 Å². The molecule has 17 heavy (non-hydrogen) atoms. The van der Waals surface area contributed by atoms with E-state index in [2.05, 4.69) is 28.1 Å². The van der Waals surface area contributed by atoms with Gasteiger partial charge in [-0.2, -0.15) is 5.10 Å². The summed E-state index contributed by atoms with van der Waals surface area (Å²) in [7, 11) is 0. The van der Waals surface area contributed by atoms with Crippen molar-refractivity contribution in [2.45, 2.75) is 45.7 Å². The maximum Gasteiger partial charge on any atom is 0.0619 e. The normalized spacial score (nSPS) is 20.7. The van der Waals surface area contributed by atoms with Crippen LogP contribution >= 0.6 is 0 Å². The molecule has 0 aromatic carbocycles. The average molecular weight is 237 g/mol. The van der Waals surface area contributed by atoms with E-state index in [9.17, 15) is 0 Å². The van der Waals surface area contributed by atoms with Gasteiger partial charge in [0.2, 0.25) is 0 Å². The Balaban J connectivity index is 1.64. The van der Waals surface area contributed by atoms with Crippen molar-refractivity contribution in [2.24, 2.45) is 0 Å². The number of aryl methyl sites for hydroxylation is 3. The van der Waals surface area contributed by atoms with Crippen LogP contribution in [0, 0.1) is 13.8 Å². The molecule has 1 aromatic heterocycles. The van der Waals surface area contributed by atoms with Crippen LogP contribution in [-0.2, 0) is 11.3 Å². The molecule has 4 heteroatoms. The minimum Gasteiger partial charge on any atom is -0.380 e. The third kappa shape index (κ3) is 3.82. The van der Waals surface area contributed by atoms with Crippen LogP contribution in [0.4, 0.5) is 0 Å². The highest BCUT2D eigenvalue weighted by atomic mass is 16.5. The second-order valence-corrected chi connectivity index (χ2v) is 4.87.